The Morgan fingerprint density at radius 2 is 1.56 bits per heavy atom. The lowest BCUT2D eigenvalue weighted by Gasteiger charge is -2.05. The second kappa shape index (κ2) is 8.01. The lowest BCUT2D eigenvalue weighted by molar-refractivity contribution is -0.114. The normalized spacial score (nSPS) is 10.3. The van der Waals surface area contributed by atoms with Crippen molar-refractivity contribution < 1.29 is 14.3 Å². The molecule has 1 aromatic heterocycles. The number of methoxy groups -OCH3 is 1. The molecule has 0 aliphatic rings. The lowest BCUT2D eigenvalue weighted by Crippen LogP contribution is -2.13. The van der Waals surface area contributed by atoms with Crippen LogP contribution in [0.1, 0.15) is 22.3 Å². The summed E-state index contributed by atoms with van der Waals surface area (Å²) in [6.07, 6.45) is 0. The third kappa shape index (κ3) is 4.51. The first-order chi connectivity index (χ1) is 13.0. The van der Waals surface area contributed by atoms with Gasteiger partial charge in [0.25, 0.3) is 5.91 Å². The van der Waals surface area contributed by atoms with E-state index in [4.69, 9.17) is 4.74 Å². The van der Waals surface area contributed by atoms with Gasteiger partial charge in [0.15, 0.2) is 0 Å². The van der Waals surface area contributed by atoms with E-state index in [0.29, 0.717) is 11.4 Å². The zero-order valence-electron chi connectivity index (χ0n) is 15.2. The number of benzene rings is 2. The molecule has 2 amide bonds. The minimum atomic E-state index is -0.255. The van der Waals surface area contributed by atoms with Gasteiger partial charge in [-0.3, -0.25) is 9.59 Å². The number of nitrogens with one attached hydrogen (secondary N) is 2. The molecule has 6 nitrogen and oxygen atoms in total. The predicted molar refractivity (Wildman–Crippen MR) is 108 cm³/mol. The molecule has 138 valence electrons. The second-order valence-electron chi connectivity index (χ2n) is 5.86. The number of aryl methyl sites for hydroxylation is 1. The molecule has 0 aliphatic heterocycles. The Morgan fingerprint density at radius 3 is 2.15 bits per heavy atom. The highest BCUT2D eigenvalue weighted by Gasteiger charge is 2.16. The maximum atomic E-state index is 12.6. The van der Waals surface area contributed by atoms with Crippen LogP contribution in [0.15, 0.2) is 48.5 Å². The fourth-order valence-electron chi connectivity index (χ4n) is 2.49. The molecule has 0 atom stereocenters. The SMILES string of the molecule is COc1ccc(NC(=O)c2nc(-c3ccc(NC(C)=O)cc3)sc2C)cc1. The molecule has 0 aliphatic carbocycles. The van der Waals surface area contributed by atoms with Gasteiger partial charge in [-0.2, -0.15) is 0 Å². The Labute approximate surface area is 161 Å². The summed E-state index contributed by atoms with van der Waals surface area (Å²) in [6.45, 7) is 3.33. The Balaban J connectivity index is 1.76. The Hall–Kier alpha value is -3.19. The summed E-state index contributed by atoms with van der Waals surface area (Å²) in [7, 11) is 1.59. The number of thiazole rings is 1. The van der Waals surface area contributed by atoms with Crippen molar-refractivity contribution in [2.75, 3.05) is 17.7 Å². The first-order valence-electron chi connectivity index (χ1n) is 8.27. The largest absolute Gasteiger partial charge is 0.497 e. The highest BCUT2D eigenvalue weighted by molar-refractivity contribution is 7.15. The van der Waals surface area contributed by atoms with E-state index in [1.54, 1.807) is 31.4 Å². The third-order valence-corrected chi connectivity index (χ3v) is 4.83. The molecule has 3 aromatic rings. The molecule has 0 spiro atoms. The number of nitrogens with zero attached hydrogens (tertiary/aromatic N) is 1. The molecule has 0 bridgehead atoms. The number of aromatic nitrogens is 1. The summed E-state index contributed by atoms with van der Waals surface area (Å²) >= 11 is 1.45. The van der Waals surface area contributed by atoms with E-state index in [1.165, 1.54) is 18.3 Å². The fraction of sp³-hybridized carbons (Fsp3) is 0.150. The molecular weight excluding hydrogens is 362 g/mol. The molecule has 0 radical (unpaired) electrons. The smallest absolute Gasteiger partial charge is 0.275 e. The van der Waals surface area contributed by atoms with E-state index in [9.17, 15) is 9.59 Å². The van der Waals surface area contributed by atoms with Crippen LogP contribution in [0.25, 0.3) is 10.6 Å². The number of carbonyl (C=O) groups excluding carboxylic acids is 2. The van der Waals surface area contributed by atoms with Crippen molar-refractivity contribution in [3.8, 4) is 16.3 Å². The van der Waals surface area contributed by atoms with Gasteiger partial charge in [0, 0.05) is 28.7 Å². The fourth-order valence-corrected chi connectivity index (χ4v) is 3.41. The number of ether oxygens (including phenoxy) is 1. The van der Waals surface area contributed by atoms with Gasteiger partial charge in [-0.1, -0.05) is 0 Å². The highest BCUT2D eigenvalue weighted by Crippen LogP contribution is 2.29. The number of rotatable bonds is 5. The molecule has 0 saturated heterocycles. The van der Waals surface area contributed by atoms with E-state index >= 15 is 0 Å². The van der Waals surface area contributed by atoms with Crippen LogP contribution < -0.4 is 15.4 Å². The van der Waals surface area contributed by atoms with Crippen molar-refractivity contribution in [3.05, 3.63) is 59.1 Å². The van der Waals surface area contributed by atoms with E-state index in [1.807, 2.05) is 31.2 Å². The minimum absolute atomic E-state index is 0.120. The molecule has 2 N–H and O–H groups in total. The van der Waals surface area contributed by atoms with Gasteiger partial charge in [-0.25, -0.2) is 4.98 Å². The minimum Gasteiger partial charge on any atom is -0.497 e. The van der Waals surface area contributed by atoms with E-state index in [2.05, 4.69) is 15.6 Å². The molecule has 0 fully saturated rings. The van der Waals surface area contributed by atoms with Gasteiger partial charge in [0.05, 0.1) is 7.11 Å². The van der Waals surface area contributed by atoms with Gasteiger partial charge in [-0.05, 0) is 55.5 Å². The van der Waals surface area contributed by atoms with Crippen molar-refractivity contribution in [1.29, 1.82) is 0 Å². The number of anilines is 2. The maximum absolute atomic E-state index is 12.6. The summed E-state index contributed by atoms with van der Waals surface area (Å²) in [4.78, 5) is 29.0. The summed E-state index contributed by atoms with van der Waals surface area (Å²) in [6, 6.07) is 14.5. The first kappa shape index (κ1) is 18.6. The summed E-state index contributed by atoms with van der Waals surface area (Å²) in [5.41, 5.74) is 2.68. The van der Waals surface area contributed by atoms with Gasteiger partial charge < -0.3 is 15.4 Å². The molecule has 27 heavy (non-hydrogen) atoms. The molecule has 3 rings (SSSR count). The van der Waals surface area contributed by atoms with Crippen LogP contribution >= 0.6 is 11.3 Å². The average molecular weight is 381 g/mol. The van der Waals surface area contributed by atoms with Crippen LogP contribution in [-0.2, 0) is 4.79 Å². The van der Waals surface area contributed by atoms with Gasteiger partial charge in [-0.15, -0.1) is 11.3 Å². The average Bonchev–Trinajstić information content (AvgIpc) is 3.04. The van der Waals surface area contributed by atoms with E-state index in [0.717, 1.165) is 26.9 Å². The second-order valence-corrected chi connectivity index (χ2v) is 7.07. The Kier molecular flexibility index (Phi) is 5.52. The third-order valence-electron chi connectivity index (χ3n) is 3.81. The molecule has 2 aromatic carbocycles. The van der Waals surface area contributed by atoms with Crippen LogP contribution in [0.2, 0.25) is 0 Å². The number of carbonyl (C=O) groups is 2. The predicted octanol–water partition coefficient (Wildman–Crippen LogP) is 4.34. The number of amides is 2. The van der Waals surface area contributed by atoms with Crippen LogP contribution in [0, 0.1) is 6.92 Å². The maximum Gasteiger partial charge on any atom is 0.275 e. The zero-order valence-corrected chi connectivity index (χ0v) is 16.0. The highest BCUT2D eigenvalue weighted by atomic mass is 32.1. The molecule has 0 saturated carbocycles. The van der Waals surface area contributed by atoms with Crippen LogP contribution in [0.5, 0.6) is 5.75 Å². The topological polar surface area (TPSA) is 80.3 Å². The van der Waals surface area contributed by atoms with Gasteiger partial charge in [0.1, 0.15) is 16.5 Å². The Morgan fingerprint density at radius 1 is 0.963 bits per heavy atom. The number of hydrogen-bond donors (Lipinski definition) is 2. The molecule has 7 heteroatoms. The summed E-state index contributed by atoms with van der Waals surface area (Å²) < 4.78 is 5.11. The standard InChI is InChI=1S/C20H19N3O3S/c1-12-18(19(25)22-16-8-10-17(26-3)11-9-16)23-20(27-12)14-4-6-15(7-5-14)21-13(2)24/h4-11H,1-3H3,(H,21,24)(H,22,25). The Bertz CT molecular complexity index is 963. The monoisotopic (exact) mass is 381 g/mol. The zero-order chi connectivity index (χ0) is 19.4. The molecule has 1 heterocycles. The van der Waals surface area contributed by atoms with Crippen molar-refractivity contribution >= 4 is 34.5 Å². The quantitative estimate of drug-likeness (QED) is 0.689. The molecular formula is C20H19N3O3S. The molecule has 0 unspecified atom stereocenters. The van der Waals surface area contributed by atoms with Crippen LogP contribution in [0.4, 0.5) is 11.4 Å². The van der Waals surface area contributed by atoms with Crippen molar-refractivity contribution in [2.24, 2.45) is 0 Å². The van der Waals surface area contributed by atoms with Gasteiger partial charge >= 0.3 is 0 Å². The van der Waals surface area contributed by atoms with E-state index in [-0.39, 0.29) is 11.8 Å². The van der Waals surface area contributed by atoms with Crippen LogP contribution in [-0.4, -0.2) is 23.9 Å². The first-order valence-corrected chi connectivity index (χ1v) is 9.09. The van der Waals surface area contributed by atoms with Crippen molar-refractivity contribution in [1.82, 2.24) is 4.98 Å². The van der Waals surface area contributed by atoms with Crippen molar-refractivity contribution in [3.63, 3.8) is 0 Å². The van der Waals surface area contributed by atoms with E-state index < -0.39 is 0 Å². The number of hydrogen-bond acceptors (Lipinski definition) is 5. The van der Waals surface area contributed by atoms with Crippen molar-refractivity contribution in [2.45, 2.75) is 13.8 Å². The van der Waals surface area contributed by atoms with Gasteiger partial charge in [0.2, 0.25) is 5.91 Å². The lowest BCUT2D eigenvalue weighted by atomic mass is 10.2. The summed E-state index contributed by atoms with van der Waals surface area (Å²) in [5.74, 6) is 0.350. The summed E-state index contributed by atoms with van der Waals surface area (Å²) in [5, 5.41) is 6.32. The van der Waals surface area contributed by atoms with Crippen LogP contribution in [0.3, 0.4) is 0 Å².